The van der Waals surface area contributed by atoms with Crippen LogP contribution in [0.5, 0.6) is 0 Å². The minimum Gasteiger partial charge on any atom is -0.348 e. The molecule has 1 N–H and O–H groups in total. The summed E-state index contributed by atoms with van der Waals surface area (Å²) in [4.78, 5) is 0. The Morgan fingerprint density at radius 1 is 1.42 bits per heavy atom. The lowest BCUT2D eigenvalue weighted by Gasteiger charge is -2.19. The molecule has 1 heterocycles. The molecule has 2 unspecified atom stereocenters. The van der Waals surface area contributed by atoms with E-state index in [1.54, 1.807) is 0 Å². The number of hydrogen-bond acceptors (Lipinski definition) is 4. The Kier molecular flexibility index (Phi) is 4.20. The Morgan fingerprint density at radius 3 is 2.63 bits per heavy atom. The van der Waals surface area contributed by atoms with E-state index in [-0.39, 0.29) is 12.1 Å². The molecule has 0 amide bonds. The number of nitrogens with zero attached hydrogens (tertiary/aromatic N) is 1. The van der Waals surface area contributed by atoms with Crippen LogP contribution in [0, 0.1) is 11.3 Å². The molecular weight excluding hydrogens is 240 g/mol. The second-order valence-electron chi connectivity index (χ2n) is 5.31. The molecule has 102 valence electrons. The first-order valence-corrected chi connectivity index (χ1v) is 6.55. The Morgan fingerprint density at radius 2 is 2.11 bits per heavy atom. The monoisotopic (exact) mass is 260 g/mol. The Hall–Kier alpha value is -1.41. The molecule has 0 bridgehead atoms. The van der Waals surface area contributed by atoms with Gasteiger partial charge in [0.25, 0.3) is 0 Å². The van der Waals surface area contributed by atoms with Crippen LogP contribution < -0.4 is 5.32 Å². The Labute approximate surface area is 114 Å². The Balaban J connectivity index is 1.84. The van der Waals surface area contributed by atoms with Crippen LogP contribution in [-0.4, -0.2) is 25.0 Å². The second-order valence-corrected chi connectivity index (χ2v) is 5.31. The summed E-state index contributed by atoms with van der Waals surface area (Å²) in [6.07, 6.45) is 0.0934. The predicted octanol–water partition coefficient (Wildman–Crippen LogP) is 2.36. The number of hydrogen-bond donors (Lipinski definition) is 1. The van der Waals surface area contributed by atoms with Crippen LogP contribution in [-0.2, 0) is 9.47 Å². The van der Waals surface area contributed by atoms with E-state index in [2.05, 4.69) is 18.3 Å². The standard InChI is InChI=1S/C15H20N2O2/c1-11(13-6-4-12(8-16)5-7-13)17-9-14-10-18-15(2,3)19-14/h4-7,11,14,17H,9-10H2,1-3H3. The highest BCUT2D eigenvalue weighted by Gasteiger charge is 2.32. The van der Waals surface area contributed by atoms with Crippen LogP contribution in [0.2, 0.25) is 0 Å². The first-order chi connectivity index (χ1) is 9.00. The maximum Gasteiger partial charge on any atom is 0.163 e. The lowest BCUT2D eigenvalue weighted by atomic mass is 10.1. The summed E-state index contributed by atoms with van der Waals surface area (Å²) in [6, 6.07) is 9.98. The molecule has 1 saturated heterocycles. The average molecular weight is 260 g/mol. The van der Waals surface area contributed by atoms with Gasteiger partial charge in [0, 0.05) is 12.6 Å². The second kappa shape index (κ2) is 5.70. The molecule has 0 saturated carbocycles. The van der Waals surface area contributed by atoms with Gasteiger partial charge in [0.05, 0.1) is 24.3 Å². The molecule has 1 aliphatic rings. The van der Waals surface area contributed by atoms with Crippen LogP contribution >= 0.6 is 0 Å². The quantitative estimate of drug-likeness (QED) is 0.903. The van der Waals surface area contributed by atoms with Gasteiger partial charge in [0.2, 0.25) is 0 Å². The third kappa shape index (κ3) is 3.77. The highest BCUT2D eigenvalue weighted by atomic mass is 16.7. The van der Waals surface area contributed by atoms with Crippen molar-refractivity contribution in [2.45, 2.75) is 38.7 Å². The summed E-state index contributed by atoms with van der Waals surface area (Å²) in [7, 11) is 0. The summed E-state index contributed by atoms with van der Waals surface area (Å²) in [5, 5.41) is 12.2. The fourth-order valence-electron chi connectivity index (χ4n) is 2.14. The predicted molar refractivity (Wildman–Crippen MR) is 72.5 cm³/mol. The first-order valence-electron chi connectivity index (χ1n) is 6.55. The van der Waals surface area contributed by atoms with Crippen LogP contribution in [0.1, 0.15) is 37.9 Å². The summed E-state index contributed by atoms with van der Waals surface area (Å²) >= 11 is 0. The fraction of sp³-hybridized carbons (Fsp3) is 0.533. The molecule has 0 radical (unpaired) electrons. The van der Waals surface area contributed by atoms with E-state index < -0.39 is 5.79 Å². The van der Waals surface area contributed by atoms with Crippen molar-refractivity contribution in [1.29, 1.82) is 5.26 Å². The fourth-order valence-corrected chi connectivity index (χ4v) is 2.14. The molecule has 1 aromatic carbocycles. The van der Waals surface area contributed by atoms with Gasteiger partial charge in [-0.05, 0) is 38.5 Å². The molecule has 4 nitrogen and oxygen atoms in total. The number of nitriles is 1. The summed E-state index contributed by atoms with van der Waals surface area (Å²) in [5.74, 6) is -0.468. The maximum atomic E-state index is 8.77. The molecule has 2 rings (SSSR count). The normalized spacial score (nSPS) is 22.9. The van der Waals surface area contributed by atoms with E-state index in [0.717, 1.165) is 12.1 Å². The van der Waals surface area contributed by atoms with Gasteiger partial charge in [-0.25, -0.2) is 0 Å². The van der Waals surface area contributed by atoms with Crippen molar-refractivity contribution in [2.75, 3.05) is 13.2 Å². The smallest absolute Gasteiger partial charge is 0.163 e. The zero-order valence-corrected chi connectivity index (χ0v) is 11.6. The SMILES string of the molecule is CC(NCC1COC(C)(C)O1)c1ccc(C#N)cc1. The van der Waals surface area contributed by atoms with E-state index in [1.165, 1.54) is 0 Å². The van der Waals surface area contributed by atoms with E-state index in [9.17, 15) is 0 Å². The van der Waals surface area contributed by atoms with Gasteiger partial charge in [-0.15, -0.1) is 0 Å². The van der Waals surface area contributed by atoms with Gasteiger partial charge in [-0.2, -0.15) is 5.26 Å². The lowest BCUT2D eigenvalue weighted by molar-refractivity contribution is -0.137. The molecule has 19 heavy (non-hydrogen) atoms. The van der Waals surface area contributed by atoms with Gasteiger partial charge in [0.15, 0.2) is 5.79 Å². The van der Waals surface area contributed by atoms with Crippen LogP contribution in [0.25, 0.3) is 0 Å². The van der Waals surface area contributed by atoms with Crippen molar-refractivity contribution < 1.29 is 9.47 Å². The summed E-state index contributed by atoms with van der Waals surface area (Å²) in [6.45, 7) is 7.33. The van der Waals surface area contributed by atoms with Crippen molar-refractivity contribution in [2.24, 2.45) is 0 Å². The number of rotatable bonds is 4. The third-order valence-electron chi connectivity index (χ3n) is 3.26. The number of ether oxygens (including phenoxy) is 2. The molecule has 0 aliphatic carbocycles. The van der Waals surface area contributed by atoms with Crippen molar-refractivity contribution in [1.82, 2.24) is 5.32 Å². The van der Waals surface area contributed by atoms with E-state index in [4.69, 9.17) is 14.7 Å². The largest absolute Gasteiger partial charge is 0.348 e. The first kappa shape index (κ1) is 14.0. The molecule has 0 spiro atoms. The van der Waals surface area contributed by atoms with Gasteiger partial charge in [-0.3, -0.25) is 0 Å². The highest BCUT2D eigenvalue weighted by Crippen LogP contribution is 2.22. The zero-order valence-electron chi connectivity index (χ0n) is 11.6. The Bertz CT molecular complexity index is 462. The van der Waals surface area contributed by atoms with Gasteiger partial charge in [0.1, 0.15) is 0 Å². The maximum absolute atomic E-state index is 8.77. The van der Waals surface area contributed by atoms with Gasteiger partial charge >= 0.3 is 0 Å². The molecule has 0 aromatic heterocycles. The number of benzene rings is 1. The van der Waals surface area contributed by atoms with Crippen molar-refractivity contribution in [3.8, 4) is 6.07 Å². The van der Waals surface area contributed by atoms with E-state index in [0.29, 0.717) is 12.2 Å². The van der Waals surface area contributed by atoms with Crippen LogP contribution in [0.3, 0.4) is 0 Å². The van der Waals surface area contributed by atoms with Crippen molar-refractivity contribution in [3.05, 3.63) is 35.4 Å². The van der Waals surface area contributed by atoms with Gasteiger partial charge < -0.3 is 14.8 Å². The summed E-state index contributed by atoms with van der Waals surface area (Å²) < 4.78 is 11.3. The van der Waals surface area contributed by atoms with Gasteiger partial charge in [-0.1, -0.05) is 12.1 Å². The minimum absolute atomic E-state index is 0.0934. The molecule has 1 aromatic rings. The van der Waals surface area contributed by atoms with Crippen molar-refractivity contribution >= 4 is 0 Å². The van der Waals surface area contributed by atoms with E-state index in [1.807, 2.05) is 38.1 Å². The van der Waals surface area contributed by atoms with Crippen LogP contribution in [0.4, 0.5) is 0 Å². The average Bonchev–Trinajstić information content (AvgIpc) is 2.76. The lowest BCUT2D eigenvalue weighted by Crippen LogP contribution is -2.32. The third-order valence-corrected chi connectivity index (χ3v) is 3.26. The highest BCUT2D eigenvalue weighted by molar-refractivity contribution is 5.32. The van der Waals surface area contributed by atoms with Crippen LogP contribution in [0.15, 0.2) is 24.3 Å². The topological polar surface area (TPSA) is 54.3 Å². The molecule has 2 atom stereocenters. The van der Waals surface area contributed by atoms with Crippen molar-refractivity contribution in [3.63, 3.8) is 0 Å². The minimum atomic E-state index is -0.468. The molecule has 1 fully saturated rings. The molecular formula is C15H20N2O2. The number of nitrogens with one attached hydrogen (secondary N) is 1. The van der Waals surface area contributed by atoms with E-state index >= 15 is 0 Å². The molecule has 1 aliphatic heterocycles. The summed E-state index contributed by atoms with van der Waals surface area (Å²) in [5.41, 5.74) is 1.85. The molecule has 4 heteroatoms. The zero-order chi connectivity index (χ0) is 13.9.